The van der Waals surface area contributed by atoms with Gasteiger partial charge in [-0.15, -0.1) is 0 Å². The number of pyridine rings is 2. The fourth-order valence-electron chi connectivity index (χ4n) is 5.99. The van der Waals surface area contributed by atoms with Crippen molar-refractivity contribution < 1.29 is 14.0 Å². The van der Waals surface area contributed by atoms with E-state index < -0.39 is 17.3 Å². The monoisotopic (exact) mass is 607 g/mol. The van der Waals surface area contributed by atoms with Crippen molar-refractivity contribution in [1.29, 1.82) is 0 Å². The first-order valence-electron chi connectivity index (χ1n) is 14.9. The van der Waals surface area contributed by atoms with Crippen molar-refractivity contribution in [3.63, 3.8) is 0 Å². The van der Waals surface area contributed by atoms with E-state index in [1.807, 2.05) is 37.9 Å². The maximum absolute atomic E-state index is 13.3. The van der Waals surface area contributed by atoms with Gasteiger partial charge in [0.25, 0.3) is 11.5 Å². The number of anilines is 2. The Morgan fingerprint density at radius 1 is 1.04 bits per heavy atom. The highest BCUT2D eigenvalue weighted by Gasteiger charge is 2.26. The van der Waals surface area contributed by atoms with Crippen LogP contribution in [0.25, 0.3) is 27.8 Å². The number of nitrogens with two attached hydrogens (primary N) is 1. The van der Waals surface area contributed by atoms with E-state index in [0.29, 0.717) is 17.4 Å². The first kappa shape index (κ1) is 29.7. The number of halogens is 1. The molecule has 1 saturated heterocycles. The summed E-state index contributed by atoms with van der Waals surface area (Å²) in [6.45, 7) is 5.32. The summed E-state index contributed by atoms with van der Waals surface area (Å²) in [4.78, 5) is 44.6. The van der Waals surface area contributed by atoms with Crippen LogP contribution in [0.1, 0.15) is 48.5 Å². The summed E-state index contributed by atoms with van der Waals surface area (Å²) in [6.07, 6.45) is 4.24. The fraction of sp³-hybridized carbons (Fsp3) is 0.265. The third kappa shape index (κ3) is 5.81. The van der Waals surface area contributed by atoms with Crippen LogP contribution < -0.4 is 16.6 Å². The molecule has 0 saturated carbocycles. The summed E-state index contributed by atoms with van der Waals surface area (Å²) >= 11 is 0. The number of rotatable bonds is 6. The van der Waals surface area contributed by atoms with Crippen LogP contribution >= 0.6 is 0 Å². The molecule has 45 heavy (non-hydrogen) atoms. The number of benzene rings is 2. The Bertz CT molecular complexity index is 1960. The van der Waals surface area contributed by atoms with Crippen LogP contribution in [0.2, 0.25) is 0 Å². The lowest BCUT2D eigenvalue weighted by atomic mass is 9.86. The van der Waals surface area contributed by atoms with Crippen LogP contribution in [-0.2, 0) is 11.8 Å². The van der Waals surface area contributed by atoms with Crippen molar-refractivity contribution >= 4 is 34.2 Å². The number of hydrogen-bond acceptors (Lipinski definition) is 6. The second kappa shape index (κ2) is 12.0. The van der Waals surface area contributed by atoms with Crippen LogP contribution in [0.15, 0.2) is 77.9 Å². The lowest BCUT2D eigenvalue weighted by molar-refractivity contribution is -0.135. The van der Waals surface area contributed by atoms with Gasteiger partial charge in [0.1, 0.15) is 17.2 Å². The van der Waals surface area contributed by atoms with Crippen molar-refractivity contribution in [3.8, 4) is 16.9 Å². The number of fused-ring (bicyclic) bond motifs is 1. The molecule has 1 fully saturated rings. The van der Waals surface area contributed by atoms with E-state index in [2.05, 4.69) is 27.5 Å². The molecule has 0 radical (unpaired) electrons. The van der Waals surface area contributed by atoms with Gasteiger partial charge in [-0.2, -0.15) is 5.10 Å². The maximum atomic E-state index is 13.3. The third-order valence-electron chi connectivity index (χ3n) is 8.38. The smallest absolute Gasteiger partial charge is 0.269 e. The van der Waals surface area contributed by atoms with E-state index in [-0.39, 0.29) is 23.2 Å². The zero-order valence-corrected chi connectivity index (χ0v) is 25.3. The highest BCUT2D eigenvalue weighted by molar-refractivity contribution is 6.05. The van der Waals surface area contributed by atoms with Gasteiger partial charge in [0.2, 0.25) is 5.91 Å². The Hall–Kier alpha value is -5.32. The molecule has 11 heteroatoms. The molecule has 0 atom stereocenters. The largest absolute Gasteiger partial charge is 0.382 e. The Morgan fingerprint density at radius 3 is 2.44 bits per heavy atom. The van der Waals surface area contributed by atoms with E-state index in [0.717, 1.165) is 54.2 Å². The molecule has 230 valence electrons. The zero-order chi connectivity index (χ0) is 31.8. The summed E-state index contributed by atoms with van der Waals surface area (Å²) in [7, 11) is 1.87. The van der Waals surface area contributed by atoms with Gasteiger partial charge in [-0.25, -0.2) is 9.37 Å². The molecule has 2 aromatic carbocycles. The van der Waals surface area contributed by atoms with Crippen LogP contribution in [0.5, 0.6) is 0 Å². The quantitative estimate of drug-likeness (QED) is 0.276. The second-order valence-corrected chi connectivity index (χ2v) is 11.7. The Kier molecular flexibility index (Phi) is 7.92. The molecule has 5 aromatic rings. The molecule has 4 heterocycles. The van der Waals surface area contributed by atoms with Crippen LogP contribution in [-0.4, -0.2) is 49.1 Å². The topological polar surface area (TPSA) is 128 Å². The van der Waals surface area contributed by atoms with Crippen molar-refractivity contribution in [3.05, 3.63) is 100 Å². The summed E-state index contributed by atoms with van der Waals surface area (Å²) in [6, 6.07) is 17.2. The van der Waals surface area contributed by atoms with Gasteiger partial charge >= 0.3 is 0 Å². The van der Waals surface area contributed by atoms with E-state index >= 15 is 0 Å². The van der Waals surface area contributed by atoms with Crippen molar-refractivity contribution in [2.75, 3.05) is 24.1 Å². The normalized spacial score (nSPS) is 13.8. The van der Waals surface area contributed by atoms with Gasteiger partial charge in [0, 0.05) is 37.9 Å². The van der Waals surface area contributed by atoms with E-state index in [4.69, 9.17) is 5.73 Å². The standard InChI is InChI=1S/C34H34FN7O3/c1-20(2)33(44)41-15-12-21(13-16-41)23-17-27(30-28(18-23)40(3)39-31(30)36)22-6-9-25(10-7-22)38-32(43)26-5-4-14-42(34(26)45)29-11-8-24(35)19-37-29/h4-11,14,17-21H,12-13,15-16H2,1-3H3,(H2,36,39)(H,38,43). The highest BCUT2D eigenvalue weighted by Crippen LogP contribution is 2.38. The van der Waals surface area contributed by atoms with Crippen LogP contribution in [0.4, 0.5) is 15.9 Å². The number of nitrogens with zero attached hydrogens (tertiary/aromatic N) is 5. The van der Waals surface area contributed by atoms with Gasteiger partial charge < -0.3 is 16.0 Å². The fourth-order valence-corrected chi connectivity index (χ4v) is 5.99. The summed E-state index contributed by atoms with van der Waals surface area (Å²) < 4.78 is 16.3. The minimum atomic E-state index is -0.576. The van der Waals surface area contributed by atoms with Gasteiger partial charge in [-0.3, -0.25) is 23.6 Å². The SMILES string of the molecule is CC(C)C(=O)N1CCC(c2cc(-c3ccc(NC(=O)c4cccn(-c5ccc(F)cn5)c4=O)cc3)c3c(N)nn(C)c3c2)CC1. The van der Waals surface area contributed by atoms with Crippen molar-refractivity contribution in [2.45, 2.75) is 32.6 Å². The maximum Gasteiger partial charge on any atom is 0.269 e. The van der Waals surface area contributed by atoms with Crippen LogP contribution in [0.3, 0.4) is 0 Å². The lowest BCUT2D eigenvalue weighted by Crippen LogP contribution is -2.40. The molecule has 3 aromatic heterocycles. The summed E-state index contributed by atoms with van der Waals surface area (Å²) in [5.74, 6) is 0.00576. The van der Waals surface area contributed by atoms with E-state index in [9.17, 15) is 18.8 Å². The number of nitrogens with one attached hydrogen (secondary N) is 1. The molecule has 3 N–H and O–H groups in total. The predicted molar refractivity (Wildman–Crippen MR) is 172 cm³/mol. The molecule has 10 nitrogen and oxygen atoms in total. The molecule has 2 amide bonds. The minimum absolute atomic E-state index is 0.0141. The molecule has 0 unspecified atom stereocenters. The number of nitrogen functional groups attached to an aromatic ring is 1. The number of likely N-dealkylation sites (tertiary alicyclic amines) is 1. The number of aromatic nitrogens is 4. The number of hydrogen-bond donors (Lipinski definition) is 2. The van der Waals surface area contributed by atoms with Crippen molar-refractivity contribution in [1.82, 2.24) is 24.2 Å². The molecular weight excluding hydrogens is 573 g/mol. The number of piperidine rings is 1. The van der Waals surface area contributed by atoms with E-state index in [1.165, 1.54) is 34.5 Å². The molecule has 0 aliphatic carbocycles. The zero-order valence-electron chi connectivity index (χ0n) is 25.3. The average Bonchev–Trinajstić information content (AvgIpc) is 3.33. The predicted octanol–water partition coefficient (Wildman–Crippen LogP) is 5.12. The first-order chi connectivity index (χ1) is 21.6. The van der Waals surface area contributed by atoms with Crippen LogP contribution in [0, 0.1) is 11.7 Å². The Balaban J connectivity index is 1.26. The Morgan fingerprint density at radius 2 is 1.78 bits per heavy atom. The summed E-state index contributed by atoms with van der Waals surface area (Å²) in [5.41, 5.74) is 10.2. The highest BCUT2D eigenvalue weighted by atomic mass is 19.1. The minimum Gasteiger partial charge on any atom is -0.382 e. The lowest BCUT2D eigenvalue weighted by Gasteiger charge is -2.33. The second-order valence-electron chi connectivity index (χ2n) is 11.7. The molecule has 0 bridgehead atoms. The molecular formula is C34H34FN7O3. The van der Waals surface area contributed by atoms with Gasteiger partial charge in [-0.1, -0.05) is 26.0 Å². The first-order valence-corrected chi connectivity index (χ1v) is 14.9. The molecule has 0 spiro atoms. The number of amides is 2. The molecule has 6 rings (SSSR count). The van der Waals surface area contributed by atoms with Gasteiger partial charge in [0.05, 0.1) is 17.1 Å². The number of carbonyl (C=O) groups is 2. The number of carbonyl (C=O) groups excluding carboxylic acids is 2. The summed E-state index contributed by atoms with van der Waals surface area (Å²) in [5, 5.41) is 8.13. The third-order valence-corrected chi connectivity index (χ3v) is 8.38. The van der Waals surface area contributed by atoms with Crippen molar-refractivity contribution in [2.24, 2.45) is 13.0 Å². The van der Waals surface area contributed by atoms with E-state index in [1.54, 1.807) is 22.9 Å². The van der Waals surface area contributed by atoms with Gasteiger partial charge in [0.15, 0.2) is 5.82 Å². The number of aryl methyl sites for hydroxylation is 1. The average molecular weight is 608 g/mol. The molecule has 1 aliphatic heterocycles. The molecule has 1 aliphatic rings. The Labute approximate surface area is 259 Å². The van der Waals surface area contributed by atoms with Gasteiger partial charge in [-0.05, 0) is 84.0 Å².